The maximum absolute atomic E-state index is 12.3. The van der Waals surface area contributed by atoms with E-state index in [1.54, 1.807) is 4.90 Å². The van der Waals surface area contributed by atoms with Crippen molar-refractivity contribution in [1.29, 1.82) is 0 Å². The van der Waals surface area contributed by atoms with Crippen LogP contribution in [-0.2, 0) is 29.1 Å². The zero-order chi connectivity index (χ0) is 21.9. The SMILES string of the molecule is CC(C)N1CC(C(=O)OCC(=O)Nc2ccc(Cl)c(S(=O)(=O)N(C)C)c2)CC1=O. The van der Waals surface area contributed by atoms with E-state index < -0.39 is 34.4 Å². The minimum absolute atomic E-state index is 0.0128. The molecular weight excluding hydrogens is 422 g/mol. The van der Waals surface area contributed by atoms with Gasteiger partial charge in [-0.15, -0.1) is 0 Å². The first-order chi connectivity index (χ1) is 13.4. The molecule has 1 aliphatic rings. The number of carbonyl (C=O) groups is 3. The molecule has 1 aliphatic heterocycles. The van der Waals surface area contributed by atoms with Gasteiger partial charge in [-0.25, -0.2) is 12.7 Å². The number of benzene rings is 1. The lowest BCUT2D eigenvalue weighted by atomic mass is 10.1. The second-order valence-electron chi connectivity index (χ2n) is 7.13. The van der Waals surface area contributed by atoms with Crippen molar-refractivity contribution < 1.29 is 27.5 Å². The van der Waals surface area contributed by atoms with Gasteiger partial charge in [0.15, 0.2) is 6.61 Å². The van der Waals surface area contributed by atoms with E-state index in [1.807, 2.05) is 13.8 Å². The van der Waals surface area contributed by atoms with E-state index in [0.29, 0.717) is 0 Å². The Balaban J connectivity index is 1.97. The van der Waals surface area contributed by atoms with Crippen molar-refractivity contribution in [2.24, 2.45) is 5.92 Å². The van der Waals surface area contributed by atoms with Gasteiger partial charge in [0, 0.05) is 38.8 Å². The summed E-state index contributed by atoms with van der Waals surface area (Å²) in [5, 5.41) is 2.48. The van der Waals surface area contributed by atoms with Crippen LogP contribution in [0.4, 0.5) is 5.69 Å². The van der Waals surface area contributed by atoms with Crippen molar-refractivity contribution in [3.63, 3.8) is 0 Å². The van der Waals surface area contributed by atoms with Crippen LogP contribution in [0.5, 0.6) is 0 Å². The number of likely N-dealkylation sites (tertiary alicyclic amines) is 1. The summed E-state index contributed by atoms with van der Waals surface area (Å²) in [6.45, 7) is 3.43. The molecule has 0 aromatic heterocycles. The summed E-state index contributed by atoms with van der Waals surface area (Å²) in [7, 11) is -1.06. The first-order valence-corrected chi connectivity index (χ1v) is 10.7. The molecule has 0 saturated carbocycles. The van der Waals surface area contributed by atoms with Crippen LogP contribution in [0.15, 0.2) is 23.1 Å². The number of ether oxygens (including phenoxy) is 1. The normalized spacial score (nSPS) is 17.1. The molecule has 1 atom stereocenters. The summed E-state index contributed by atoms with van der Waals surface area (Å²) >= 11 is 5.96. The molecule has 0 radical (unpaired) electrons. The Kier molecular flexibility index (Phi) is 7.25. The van der Waals surface area contributed by atoms with Crippen molar-refractivity contribution in [2.45, 2.75) is 31.2 Å². The number of halogens is 1. The molecule has 0 spiro atoms. The molecule has 2 amide bonds. The molecule has 0 bridgehead atoms. The van der Waals surface area contributed by atoms with E-state index in [2.05, 4.69) is 5.32 Å². The van der Waals surface area contributed by atoms with Crippen LogP contribution in [0.1, 0.15) is 20.3 Å². The molecule has 1 fully saturated rings. The third-order valence-electron chi connectivity index (χ3n) is 4.43. The van der Waals surface area contributed by atoms with Crippen molar-refractivity contribution in [2.75, 3.05) is 32.6 Å². The van der Waals surface area contributed by atoms with E-state index >= 15 is 0 Å². The van der Waals surface area contributed by atoms with Crippen molar-refractivity contribution in [3.8, 4) is 0 Å². The monoisotopic (exact) mass is 445 g/mol. The van der Waals surface area contributed by atoms with Gasteiger partial charge in [-0.05, 0) is 32.0 Å². The Hall–Kier alpha value is -2.17. The molecular formula is C18H24ClN3O6S. The fraction of sp³-hybridized carbons (Fsp3) is 0.500. The lowest BCUT2D eigenvalue weighted by molar-refractivity contribution is -0.151. The minimum Gasteiger partial charge on any atom is -0.455 e. The van der Waals surface area contributed by atoms with Crippen molar-refractivity contribution in [1.82, 2.24) is 9.21 Å². The van der Waals surface area contributed by atoms with Crippen LogP contribution in [-0.4, -0.2) is 68.7 Å². The van der Waals surface area contributed by atoms with Gasteiger partial charge in [0.25, 0.3) is 5.91 Å². The van der Waals surface area contributed by atoms with E-state index in [0.717, 1.165) is 4.31 Å². The van der Waals surface area contributed by atoms with Gasteiger partial charge < -0.3 is 15.0 Å². The van der Waals surface area contributed by atoms with Gasteiger partial charge in [0.05, 0.1) is 10.9 Å². The van der Waals surface area contributed by atoms with Gasteiger partial charge in [-0.3, -0.25) is 14.4 Å². The molecule has 1 unspecified atom stereocenters. The zero-order valence-electron chi connectivity index (χ0n) is 16.6. The zero-order valence-corrected chi connectivity index (χ0v) is 18.2. The summed E-state index contributed by atoms with van der Waals surface area (Å²) in [4.78, 5) is 37.5. The summed E-state index contributed by atoms with van der Waals surface area (Å²) in [6, 6.07) is 4.01. The first kappa shape index (κ1) is 23.1. The number of carbonyl (C=O) groups excluding carboxylic acids is 3. The molecule has 1 heterocycles. The molecule has 2 rings (SSSR count). The Morgan fingerprint density at radius 3 is 2.55 bits per heavy atom. The van der Waals surface area contributed by atoms with E-state index in [9.17, 15) is 22.8 Å². The molecule has 0 aliphatic carbocycles. The average Bonchev–Trinajstić information content (AvgIpc) is 3.03. The Morgan fingerprint density at radius 2 is 2.00 bits per heavy atom. The number of anilines is 1. The molecule has 29 heavy (non-hydrogen) atoms. The fourth-order valence-electron chi connectivity index (χ4n) is 2.82. The second-order valence-corrected chi connectivity index (χ2v) is 9.66. The molecule has 11 heteroatoms. The third kappa shape index (κ3) is 5.46. The van der Waals surface area contributed by atoms with E-state index in [1.165, 1.54) is 32.3 Å². The van der Waals surface area contributed by atoms with Gasteiger partial charge in [-0.1, -0.05) is 11.6 Å². The molecule has 1 saturated heterocycles. The quantitative estimate of drug-likeness (QED) is 0.633. The predicted molar refractivity (Wildman–Crippen MR) is 107 cm³/mol. The topological polar surface area (TPSA) is 113 Å². The highest BCUT2D eigenvalue weighted by molar-refractivity contribution is 7.89. The Bertz CT molecular complexity index is 916. The predicted octanol–water partition coefficient (Wildman–Crippen LogP) is 1.33. The minimum atomic E-state index is -3.79. The summed E-state index contributed by atoms with van der Waals surface area (Å²) < 4.78 is 30.6. The fourth-order valence-corrected chi connectivity index (χ4v) is 4.21. The van der Waals surface area contributed by atoms with Crippen LogP contribution in [0.3, 0.4) is 0 Å². The lowest BCUT2D eigenvalue weighted by Gasteiger charge is -2.20. The average molecular weight is 446 g/mol. The molecule has 160 valence electrons. The van der Waals surface area contributed by atoms with Crippen molar-refractivity contribution >= 4 is 45.1 Å². The summed E-state index contributed by atoms with van der Waals surface area (Å²) in [5.74, 6) is -1.99. The first-order valence-electron chi connectivity index (χ1n) is 8.91. The number of amides is 2. The van der Waals surface area contributed by atoms with Gasteiger partial charge in [0.1, 0.15) is 4.90 Å². The maximum atomic E-state index is 12.3. The number of nitrogens with one attached hydrogen (secondary N) is 1. The number of esters is 1. The molecule has 1 aromatic carbocycles. The third-order valence-corrected chi connectivity index (χ3v) is 6.73. The van der Waals surface area contributed by atoms with Gasteiger partial charge in [-0.2, -0.15) is 0 Å². The standard InChI is InChI=1S/C18H24ClN3O6S/c1-11(2)22-9-12(7-17(22)24)18(25)28-10-16(23)20-13-5-6-14(19)15(8-13)29(26,27)21(3)4/h5-6,8,11-12H,7,9-10H2,1-4H3,(H,20,23). The highest BCUT2D eigenvalue weighted by atomic mass is 35.5. The number of nitrogens with zero attached hydrogens (tertiary/aromatic N) is 2. The largest absolute Gasteiger partial charge is 0.455 e. The number of sulfonamides is 1. The highest BCUT2D eigenvalue weighted by Gasteiger charge is 2.36. The molecule has 1 N–H and O–H groups in total. The lowest BCUT2D eigenvalue weighted by Crippen LogP contribution is -2.33. The maximum Gasteiger partial charge on any atom is 0.311 e. The smallest absolute Gasteiger partial charge is 0.311 e. The second kappa shape index (κ2) is 9.10. The van der Waals surface area contributed by atoms with Crippen LogP contribution in [0.25, 0.3) is 0 Å². The summed E-state index contributed by atoms with van der Waals surface area (Å²) in [6.07, 6.45) is 0.0571. The molecule has 9 nitrogen and oxygen atoms in total. The van der Waals surface area contributed by atoms with E-state index in [4.69, 9.17) is 16.3 Å². The van der Waals surface area contributed by atoms with Gasteiger partial charge >= 0.3 is 5.97 Å². The van der Waals surface area contributed by atoms with Crippen LogP contribution in [0, 0.1) is 5.92 Å². The number of hydrogen-bond donors (Lipinski definition) is 1. The Labute approximate surface area is 175 Å². The van der Waals surface area contributed by atoms with Crippen molar-refractivity contribution in [3.05, 3.63) is 23.2 Å². The highest BCUT2D eigenvalue weighted by Crippen LogP contribution is 2.27. The number of hydrogen-bond acceptors (Lipinski definition) is 6. The molecule has 1 aromatic rings. The van der Waals surface area contributed by atoms with Crippen LogP contribution < -0.4 is 5.32 Å². The van der Waals surface area contributed by atoms with Crippen LogP contribution >= 0.6 is 11.6 Å². The number of rotatable bonds is 7. The van der Waals surface area contributed by atoms with E-state index in [-0.39, 0.29) is 40.5 Å². The van der Waals surface area contributed by atoms with Crippen LogP contribution in [0.2, 0.25) is 5.02 Å². The summed E-state index contributed by atoms with van der Waals surface area (Å²) in [5.41, 5.74) is 0.193. The van der Waals surface area contributed by atoms with Gasteiger partial charge in [0.2, 0.25) is 15.9 Å². The Morgan fingerprint density at radius 1 is 1.34 bits per heavy atom.